The van der Waals surface area contributed by atoms with Crippen molar-refractivity contribution in [2.24, 2.45) is 7.05 Å². The molecule has 1 atom stereocenters. The van der Waals surface area contributed by atoms with Gasteiger partial charge in [0.2, 0.25) is 5.95 Å². The maximum atomic E-state index is 4.66. The van der Waals surface area contributed by atoms with E-state index in [9.17, 15) is 0 Å². The Kier molecular flexibility index (Phi) is 3.65. The molecule has 1 heterocycles. The summed E-state index contributed by atoms with van der Waals surface area (Å²) in [6.07, 6.45) is 1.08. The molecular formula is C18H21N3. The van der Waals surface area contributed by atoms with Crippen LogP contribution in [-0.4, -0.2) is 9.55 Å². The largest absolute Gasteiger partial charge is 0.349 e. The van der Waals surface area contributed by atoms with Gasteiger partial charge >= 0.3 is 0 Å². The molecule has 0 bridgehead atoms. The van der Waals surface area contributed by atoms with Crippen LogP contribution in [0.2, 0.25) is 0 Å². The van der Waals surface area contributed by atoms with Crippen molar-refractivity contribution in [2.45, 2.75) is 26.3 Å². The van der Waals surface area contributed by atoms with Crippen molar-refractivity contribution in [3.05, 3.63) is 59.7 Å². The number of rotatable bonds is 4. The molecule has 0 fully saturated rings. The fraction of sp³-hybridized carbons (Fsp3) is 0.278. The van der Waals surface area contributed by atoms with Gasteiger partial charge in [0.1, 0.15) is 0 Å². The van der Waals surface area contributed by atoms with E-state index in [1.54, 1.807) is 0 Å². The number of fused-ring (bicyclic) bond motifs is 1. The van der Waals surface area contributed by atoms with Crippen LogP contribution in [0.5, 0.6) is 0 Å². The molecule has 3 aromatic rings. The van der Waals surface area contributed by atoms with Gasteiger partial charge < -0.3 is 9.88 Å². The Balaban J connectivity index is 1.85. The fourth-order valence-corrected chi connectivity index (χ4v) is 2.59. The van der Waals surface area contributed by atoms with Crippen LogP contribution in [0.15, 0.2) is 48.5 Å². The van der Waals surface area contributed by atoms with Gasteiger partial charge in [0.25, 0.3) is 0 Å². The van der Waals surface area contributed by atoms with Crippen LogP contribution >= 0.6 is 0 Å². The van der Waals surface area contributed by atoms with Gasteiger partial charge in [-0.1, -0.05) is 43.3 Å². The second-order valence-electron chi connectivity index (χ2n) is 5.44. The first-order valence-corrected chi connectivity index (χ1v) is 7.46. The first kappa shape index (κ1) is 13.7. The lowest BCUT2D eigenvalue weighted by atomic mass is 10.1. The molecule has 3 heteroatoms. The topological polar surface area (TPSA) is 29.9 Å². The Labute approximate surface area is 125 Å². The molecule has 1 N–H and O–H groups in total. The summed E-state index contributed by atoms with van der Waals surface area (Å²) in [7, 11) is 2.05. The normalized spacial score (nSPS) is 12.5. The first-order chi connectivity index (χ1) is 10.2. The Hall–Kier alpha value is -2.29. The van der Waals surface area contributed by atoms with Crippen molar-refractivity contribution in [3.63, 3.8) is 0 Å². The fourth-order valence-electron chi connectivity index (χ4n) is 2.59. The SMILES string of the molecule is CCc1ccc(C(C)Nc2nc3ccccc3n2C)cc1. The number of para-hydroxylation sites is 2. The monoisotopic (exact) mass is 279 g/mol. The van der Waals surface area contributed by atoms with E-state index >= 15 is 0 Å². The van der Waals surface area contributed by atoms with Gasteiger partial charge in [0.15, 0.2) is 0 Å². The van der Waals surface area contributed by atoms with Crippen LogP contribution < -0.4 is 5.32 Å². The highest BCUT2D eigenvalue weighted by molar-refractivity contribution is 5.78. The first-order valence-electron chi connectivity index (χ1n) is 7.46. The molecule has 0 aliphatic rings. The van der Waals surface area contributed by atoms with Gasteiger partial charge in [-0.05, 0) is 36.6 Å². The zero-order chi connectivity index (χ0) is 14.8. The highest BCUT2D eigenvalue weighted by Gasteiger charge is 2.11. The zero-order valence-electron chi connectivity index (χ0n) is 12.8. The Morgan fingerprint density at radius 3 is 2.48 bits per heavy atom. The third kappa shape index (κ3) is 2.64. The van der Waals surface area contributed by atoms with Crippen LogP contribution in [0.25, 0.3) is 11.0 Å². The molecule has 0 saturated carbocycles. The average Bonchev–Trinajstić information content (AvgIpc) is 2.84. The summed E-state index contributed by atoms with van der Waals surface area (Å²) >= 11 is 0. The molecule has 108 valence electrons. The number of hydrogen-bond acceptors (Lipinski definition) is 2. The van der Waals surface area contributed by atoms with E-state index in [1.807, 2.05) is 25.2 Å². The van der Waals surface area contributed by atoms with Gasteiger partial charge in [0.05, 0.1) is 17.1 Å². The summed E-state index contributed by atoms with van der Waals surface area (Å²) in [4.78, 5) is 4.66. The molecule has 0 spiro atoms. The highest BCUT2D eigenvalue weighted by atomic mass is 15.2. The van der Waals surface area contributed by atoms with Gasteiger partial charge in [-0.25, -0.2) is 4.98 Å². The molecule has 1 unspecified atom stereocenters. The zero-order valence-corrected chi connectivity index (χ0v) is 12.8. The quantitative estimate of drug-likeness (QED) is 0.771. The molecule has 0 saturated heterocycles. The maximum absolute atomic E-state index is 4.66. The summed E-state index contributed by atoms with van der Waals surface area (Å²) in [6, 6.07) is 17.2. The molecular weight excluding hydrogens is 258 g/mol. The molecule has 0 aliphatic heterocycles. The number of anilines is 1. The lowest BCUT2D eigenvalue weighted by Gasteiger charge is -2.15. The lowest BCUT2D eigenvalue weighted by Crippen LogP contribution is -2.10. The van der Waals surface area contributed by atoms with Crippen LogP contribution in [0.3, 0.4) is 0 Å². The maximum Gasteiger partial charge on any atom is 0.204 e. The number of nitrogens with one attached hydrogen (secondary N) is 1. The van der Waals surface area contributed by atoms with Gasteiger partial charge in [-0.15, -0.1) is 0 Å². The van der Waals surface area contributed by atoms with E-state index in [0.29, 0.717) is 0 Å². The number of benzene rings is 2. The van der Waals surface area contributed by atoms with Crippen molar-refractivity contribution in [2.75, 3.05) is 5.32 Å². The molecule has 21 heavy (non-hydrogen) atoms. The van der Waals surface area contributed by atoms with Gasteiger partial charge in [0, 0.05) is 7.05 Å². The van der Waals surface area contributed by atoms with E-state index in [4.69, 9.17) is 0 Å². The van der Waals surface area contributed by atoms with E-state index in [0.717, 1.165) is 23.4 Å². The van der Waals surface area contributed by atoms with Crippen LogP contribution in [-0.2, 0) is 13.5 Å². The smallest absolute Gasteiger partial charge is 0.204 e. The predicted molar refractivity (Wildman–Crippen MR) is 88.6 cm³/mol. The Morgan fingerprint density at radius 2 is 1.81 bits per heavy atom. The van der Waals surface area contributed by atoms with Crippen LogP contribution in [0.4, 0.5) is 5.95 Å². The van der Waals surface area contributed by atoms with Crippen molar-refractivity contribution < 1.29 is 0 Å². The molecule has 2 aromatic carbocycles. The number of imidazole rings is 1. The van der Waals surface area contributed by atoms with Crippen molar-refractivity contribution in [3.8, 4) is 0 Å². The molecule has 0 radical (unpaired) electrons. The summed E-state index contributed by atoms with van der Waals surface area (Å²) in [5, 5.41) is 3.51. The van der Waals surface area contributed by atoms with Crippen molar-refractivity contribution in [1.82, 2.24) is 9.55 Å². The average molecular weight is 279 g/mol. The van der Waals surface area contributed by atoms with Gasteiger partial charge in [-0.2, -0.15) is 0 Å². The lowest BCUT2D eigenvalue weighted by molar-refractivity contribution is 0.831. The molecule has 0 aliphatic carbocycles. The van der Waals surface area contributed by atoms with Crippen LogP contribution in [0.1, 0.15) is 31.0 Å². The van der Waals surface area contributed by atoms with Crippen LogP contribution in [0, 0.1) is 0 Å². The Bertz CT molecular complexity index is 741. The van der Waals surface area contributed by atoms with Gasteiger partial charge in [-0.3, -0.25) is 0 Å². The molecule has 0 amide bonds. The number of nitrogens with zero attached hydrogens (tertiary/aromatic N) is 2. The summed E-state index contributed by atoms with van der Waals surface area (Å²) in [5.74, 6) is 0.906. The summed E-state index contributed by atoms with van der Waals surface area (Å²) in [5.41, 5.74) is 4.82. The molecule has 3 rings (SSSR count). The number of hydrogen-bond donors (Lipinski definition) is 1. The third-order valence-corrected chi connectivity index (χ3v) is 4.02. The van der Waals surface area contributed by atoms with E-state index in [1.165, 1.54) is 11.1 Å². The van der Waals surface area contributed by atoms with E-state index in [-0.39, 0.29) is 6.04 Å². The second-order valence-corrected chi connectivity index (χ2v) is 5.44. The number of aromatic nitrogens is 2. The van der Waals surface area contributed by atoms with Crippen molar-refractivity contribution in [1.29, 1.82) is 0 Å². The number of aryl methyl sites for hydroxylation is 2. The minimum Gasteiger partial charge on any atom is -0.349 e. The minimum atomic E-state index is 0.228. The van der Waals surface area contributed by atoms with Crippen molar-refractivity contribution >= 4 is 17.0 Å². The van der Waals surface area contributed by atoms with E-state index in [2.05, 4.69) is 59.0 Å². The summed E-state index contributed by atoms with van der Waals surface area (Å²) in [6.45, 7) is 4.34. The summed E-state index contributed by atoms with van der Waals surface area (Å²) < 4.78 is 2.10. The third-order valence-electron chi connectivity index (χ3n) is 4.02. The second kappa shape index (κ2) is 5.60. The molecule has 1 aromatic heterocycles. The molecule has 3 nitrogen and oxygen atoms in total. The minimum absolute atomic E-state index is 0.228. The Morgan fingerprint density at radius 1 is 1.10 bits per heavy atom. The predicted octanol–water partition coefficient (Wildman–Crippen LogP) is 4.31. The van der Waals surface area contributed by atoms with E-state index < -0.39 is 0 Å². The highest BCUT2D eigenvalue weighted by Crippen LogP contribution is 2.22. The standard InChI is InChI=1S/C18H21N3/c1-4-14-9-11-15(12-10-14)13(2)19-18-20-16-7-5-6-8-17(16)21(18)3/h5-13H,4H2,1-3H3,(H,19,20).